The van der Waals surface area contributed by atoms with Gasteiger partial charge in [0.25, 0.3) is 5.91 Å². The largest absolute Gasteiger partial charge is 0.452 e. The van der Waals surface area contributed by atoms with Gasteiger partial charge in [-0.1, -0.05) is 30.3 Å². The molecular weight excluding hydrogens is 370 g/mol. The highest BCUT2D eigenvalue weighted by atomic mass is 16.5. The first kappa shape index (κ1) is 20.4. The fraction of sp³-hybridized carbons (Fsp3) is 0.318. The van der Waals surface area contributed by atoms with Crippen LogP contribution in [0.15, 0.2) is 65.3 Å². The third kappa shape index (κ3) is 5.57. The minimum atomic E-state index is -0.668. The summed E-state index contributed by atoms with van der Waals surface area (Å²) in [5.74, 6) is -0.297. The molecule has 0 unspecified atom stereocenters. The van der Waals surface area contributed by atoms with E-state index in [4.69, 9.17) is 9.15 Å². The highest BCUT2D eigenvalue weighted by molar-refractivity contribution is 5.89. The van der Waals surface area contributed by atoms with Crippen LogP contribution < -0.4 is 0 Å². The lowest BCUT2D eigenvalue weighted by molar-refractivity contribution is -0.140. The van der Waals surface area contributed by atoms with Crippen LogP contribution in [0.25, 0.3) is 0 Å². The fourth-order valence-electron chi connectivity index (χ4n) is 2.87. The molecule has 7 heteroatoms. The average molecular weight is 395 g/mol. The van der Waals surface area contributed by atoms with E-state index in [0.717, 1.165) is 5.56 Å². The van der Waals surface area contributed by atoms with Crippen molar-refractivity contribution in [3.05, 3.63) is 78.0 Å². The summed E-state index contributed by atoms with van der Waals surface area (Å²) in [5.41, 5.74) is 0.595. The second-order valence-electron chi connectivity index (χ2n) is 7.68. The normalized spacial score (nSPS) is 11.3. The number of nitrogens with zero attached hydrogens (tertiary/aromatic N) is 3. The minimum Gasteiger partial charge on any atom is -0.452 e. The van der Waals surface area contributed by atoms with Crippen LogP contribution in [0.3, 0.4) is 0 Å². The minimum absolute atomic E-state index is 0.0605. The van der Waals surface area contributed by atoms with E-state index < -0.39 is 11.5 Å². The molecule has 1 aromatic carbocycles. The Morgan fingerprint density at radius 2 is 1.86 bits per heavy atom. The number of furan rings is 1. The Bertz CT molecular complexity index is 940. The van der Waals surface area contributed by atoms with Gasteiger partial charge < -0.3 is 14.1 Å². The summed E-state index contributed by atoms with van der Waals surface area (Å²) in [4.78, 5) is 26.7. The summed E-state index contributed by atoms with van der Waals surface area (Å²) in [6, 6.07) is 14.7. The van der Waals surface area contributed by atoms with Crippen molar-refractivity contribution >= 4 is 11.9 Å². The van der Waals surface area contributed by atoms with Crippen molar-refractivity contribution < 1.29 is 18.7 Å². The number of hydrogen-bond donors (Lipinski definition) is 0. The highest BCUT2D eigenvalue weighted by Gasteiger charge is 2.27. The number of carbonyl (C=O) groups is 2. The first-order chi connectivity index (χ1) is 13.8. The molecule has 0 aliphatic heterocycles. The lowest BCUT2D eigenvalue weighted by Crippen LogP contribution is -2.46. The quantitative estimate of drug-likeness (QED) is 0.572. The Balaban J connectivity index is 1.59. The number of aromatic nitrogens is 2. The molecule has 3 rings (SSSR count). The molecule has 152 valence electrons. The number of carbonyl (C=O) groups excluding carboxylic acids is 2. The molecule has 2 aromatic heterocycles. The van der Waals surface area contributed by atoms with E-state index in [1.54, 1.807) is 34.1 Å². The van der Waals surface area contributed by atoms with Crippen LogP contribution in [0.4, 0.5) is 0 Å². The predicted molar refractivity (Wildman–Crippen MR) is 107 cm³/mol. The third-order valence-corrected chi connectivity index (χ3v) is 4.36. The molecule has 0 atom stereocenters. The SMILES string of the molecule is CC(C)(C)N(Cc1ccccc1)C(=O)COC(=O)c1ccc(Cn2cccn2)o1. The Morgan fingerprint density at radius 1 is 1.10 bits per heavy atom. The molecule has 0 N–H and O–H groups in total. The predicted octanol–water partition coefficient (Wildman–Crippen LogP) is 3.51. The first-order valence-electron chi connectivity index (χ1n) is 9.40. The topological polar surface area (TPSA) is 77.6 Å². The van der Waals surface area contributed by atoms with Gasteiger partial charge >= 0.3 is 5.97 Å². The van der Waals surface area contributed by atoms with Gasteiger partial charge in [-0.15, -0.1) is 0 Å². The lowest BCUT2D eigenvalue weighted by atomic mass is 10.0. The van der Waals surface area contributed by atoms with Crippen molar-refractivity contribution in [2.75, 3.05) is 6.61 Å². The van der Waals surface area contributed by atoms with E-state index in [-0.39, 0.29) is 18.3 Å². The Morgan fingerprint density at radius 3 is 2.52 bits per heavy atom. The molecule has 2 heterocycles. The zero-order chi connectivity index (χ0) is 20.9. The molecule has 0 saturated heterocycles. The number of hydrogen-bond acceptors (Lipinski definition) is 5. The average Bonchev–Trinajstić information content (AvgIpc) is 3.36. The Kier molecular flexibility index (Phi) is 6.16. The monoisotopic (exact) mass is 395 g/mol. The van der Waals surface area contributed by atoms with Crippen LogP contribution in [-0.2, 0) is 22.6 Å². The third-order valence-electron chi connectivity index (χ3n) is 4.36. The molecule has 0 spiro atoms. The van der Waals surface area contributed by atoms with E-state index in [1.807, 2.05) is 51.1 Å². The van der Waals surface area contributed by atoms with Gasteiger partial charge in [-0.05, 0) is 44.5 Å². The van der Waals surface area contributed by atoms with E-state index in [0.29, 0.717) is 18.8 Å². The molecular formula is C22H25N3O4. The van der Waals surface area contributed by atoms with Crippen LogP contribution in [0.5, 0.6) is 0 Å². The number of benzene rings is 1. The zero-order valence-electron chi connectivity index (χ0n) is 16.9. The van der Waals surface area contributed by atoms with Crippen molar-refractivity contribution in [3.63, 3.8) is 0 Å². The van der Waals surface area contributed by atoms with Crippen LogP contribution in [-0.4, -0.2) is 38.7 Å². The van der Waals surface area contributed by atoms with Gasteiger partial charge in [0, 0.05) is 24.5 Å². The summed E-state index contributed by atoms with van der Waals surface area (Å²) >= 11 is 0. The fourth-order valence-corrected chi connectivity index (χ4v) is 2.87. The zero-order valence-corrected chi connectivity index (χ0v) is 16.9. The second-order valence-corrected chi connectivity index (χ2v) is 7.68. The molecule has 0 fully saturated rings. The summed E-state index contributed by atoms with van der Waals surface area (Å²) < 4.78 is 12.4. The van der Waals surface area contributed by atoms with Crippen molar-refractivity contribution in [1.29, 1.82) is 0 Å². The highest BCUT2D eigenvalue weighted by Crippen LogP contribution is 2.18. The molecule has 1 amide bonds. The van der Waals surface area contributed by atoms with Crippen LogP contribution in [0.2, 0.25) is 0 Å². The standard InChI is InChI=1S/C22H25N3O4/c1-22(2,3)25(14-17-8-5-4-6-9-17)20(26)16-28-21(27)19-11-10-18(29-19)15-24-13-7-12-23-24/h4-13H,14-16H2,1-3H3. The molecule has 29 heavy (non-hydrogen) atoms. The van der Waals surface area contributed by atoms with Crippen LogP contribution >= 0.6 is 0 Å². The van der Waals surface area contributed by atoms with Crippen LogP contribution in [0, 0.1) is 0 Å². The van der Waals surface area contributed by atoms with Gasteiger partial charge in [0.2, 0.25) is 5.76 Å². The van der Waals surface area contributed by atoms with Gasteiger partial charge in [0.1, 0.15) is 5.76 Å². The van der Waals surface area contributed by atoms with Crippen molar-refractivity contribution in [2.24, 2.45) is 0 Å². The maximum Gasteiger partial charge on any atom is 0.374 e. The molecule has 0 radical (unpaired) electrons. The molecule has 0 bridgehead atoms. The Hall–Kier alpha value is -3.35. The lowest BCUT2D eigenvalue weighted by Gasteiger charge is -2.35. The van der Waals surface area contributed by atoms with Gasteiger partial charge in [-0.25, -0.2) is 4.79 Å². The molecule has 0 saturated carbocycles. The maximum absolute atomic E-state index is 12.8. The van der Waals surface area contributed by atoms with Gasteiger partial charge in [-0.2, -0.15) is 5.10 Å². The summed E-state index contributed by atoms with van der Waals surface area (Å²) in [6.07, 6.45) is 3.47. The van der Waals surface area contributed by atoms with E-state index in [1.165, 1.54) is 6.07 Å². The molecule has 0 aliphatic rings. The first-order valence-corrected chi connectivity index (χ1v) is 9.40. The van der Waals surface area contributed by atoms with Crippen molar-refractivity contribution in [1.82, 2.24) is 14.7 Å². The summed E-state index contributed by atoms with van der Waals surface area (Å²) in [7, 11) is 0. The smallest absolute Gasteiger partial charge is 0.374 e. The number of rotatable bonds is 7. The van der Waals surface area contributed by atoms with Crippen molar-refractivity contribution in [2.45, 2.75) is 39.4 Å². The van der Waals surface area contributed by atoms with Gasteiger partial charge in [0.15, 0.2) is 6.61 Å². The number of amides is 1. The van der Waals surface area contributed by atoms with Crippen LogP contribution in [0.1, 0.15) is 42.6 Å². The summed E-state index contributed by atoms with van der Waals surface area (Å²) in [6.45, 7) is 6.35. The number of esters is 1. The maximum atomic E-state index is 12.8. The molecule has 0 aliphatic carbocycles. The van der Waals surface area contributed by atoms with E-state index in [9.17, 15) is 9.59 Å². The summed E-state index contributed by atoms with van der Waals surface area (Å²) in [5, 5.41) is 4.09. The molecule has 7 nitrogen and oxygen atoms in total. The van der Waals surface area contributed by atoms with Crippen molar-refractivity contribution in [3.8, 4) is 0 Å². The van der Waals surface area contributed by atoms with E-state index >= 15 is 0 Å². The Labute approximate surface area is 169 Å². The van der Waals surface area contributed by atoms with Gasteiger partial charge in [-0.3, -0.25) is 9.48 Å². The number of ether oxygens (including phenoxy) is 1. The van der Waals surface area contributed by atoms with Gasteiger partial charge in [0.05, 0.1) is 6.54 Å². The van der Waals surface area contributed by atoms with E-state index in [2.05, 4.69) is 5.10 Å². The molecule has 3 aromatic rings. The second kappa shape index (κ2) is 8.77.